The van der Waals surface area contributed by atoms with Gasteiger partial charge in [0.2, 0.25) is 5.91 Å². The molecule has 30 heavy (non-hydrogen) atoms. The minimum absolute atomic E-state index is 0.0959. The molecule has 2 aromatic heterocycles. The van der Waals surface area contributed by atoms with Gasteiger partial charge in [-0.05, 0) is 24.6 Å². The maximum atomic E-state index is 12.6. The molecule has 4 heterocycles. The Bertz CT molecular complexity index is 1070. The predicted molar refractivity (Wildman–Crippen MR) is 112 cm³/mol. The SMILES string of the molecule is O=C1Nc2ccncc2C1c1ncnc2cc(OCCCN3CCOCC3)ccc12. The molecule has 8 nitrogen and oxygen atoms in total. The Hall–Kier alpha value is -3.10. The van der Waals surface area contributed by atoms with Crippen molar-refractivity contribution >= 4 is 22.5 Å². The van der Waals surface area contributed by atoms with Crippen molar-refractivity contribution in [2.45, 2.75) is 12.3 Å². The third kappa shape index (κ3) is 3.71. The summed E-state index contributed by atoms with van der Waals surface area (Å²) >= 11 is 0. The first-order valence-corrected chi connectivity index (χ1v) is 10.2. The molecule has 0 radical (unpaired) electrons. The summed E-state index contributed by atoms with van der Waals surface area (Å²) in [5.41, 5.74) is 3.07. The lowest BCUT2D eigenvalue weighted by Gasteiger charge is -2.26. The lowest BCUT2D eigenvalue weighted by Crippen LogP contribution is -2.37. The average molecular weight is 405 g/mol. The first-order chi connectivity index (χ1) is 14.8. The van der Waals surface area contributed by atoms with Crippen LogP contribution in [0.3, 0.4) is 0 Å². The Morgan fingerprint density at radius 1 is 1.20 bits per heavy atom. The standard InChI is InChI=1S/C22H23N5O3/c28-22-20(17-13-23-5-4-18(17)26-22)21-16-3-2-15(12-19(16)24-14-25-21)30-9-1-6-27-7-10-29-11-8-27/h2-5,12-14,20H,1,6-11H2,(H,26,28). The Balaban J connectivity index is 1.31. The second-order valence-corrected chi connectivity index (χ2v) is 7.48. The number of rotatable bonds is 6. The minimum atomic E-state index is -0.487. The number of carbonyl (C=O) groups excluding carboxylic acids is 1. The molecule has 1 amide bonds. The number of nitrogens with one attached hydrogen (secondary N) is 1. The number of nitrogens with zero attached hydrogens (tertiary/aromatic N) is 4. The van der Waals surface area contributed by atoms with Gasteiger partial charge in [0.1, 0.15) is 18.0 Å². The molecule has 3 aromatic rings. The van der Waals surface area contributed by atoms with Crippen molar-refractivity contribution in [1.82, 2.24) is 19.9 Å². The summed E-state index contributed by atoms with van der Waals surface area (Å²) < 4.78 is 11.3. The van der Waals surface area contributed by atoms with E-state index >= 15 is 0 Å². The molecule has 1 aromatic carbocycles. The fourth-order valence-electron chi connectivity index (χ4n) is 4.05. The summed E-state index contributed by atoms with van der Waals surface area (Å²) in [6.45, 7) is 5.25. The molecular weight excluding hydrogens is 382 g/mol. The van der Waals surface area contributed by atoms with Gasteiger partial charge in [-0.15, -0.1) is 0 Å². The van der Waals surface area contributed by atoms with E-state index in [0.29, 0.717) is 12.3 Å². The van der Waals surface area contributed by atoms with Gasteiger partial charge in [0, 0.05) is 54.7 Å². The molecule has 0 aliphatic carbocycles. The molecular formula is C22H23N5O3. The highest BCUT2D eigenvalue weighted by atomic mass is 16.5. The van der Waals surface area contributed by atoms with E-state index in [2.05, 4.69) is 25.2 Å². The van der Waals surface area contributed by atoms with Gasteiger partial charge in [0.05, 0.1) is 31.0 Å². The van der Waals surface area contributed by atoms with Crippen LogP contribution in [0.1, 0.15) is 23.6 Å². The first kappa shape index (κ1) is 18.9. The van der Waals surface area contributed by atoms with Gasteiger partial charge in [-0.1, -0.05) is 0 Å². The summed E-state index contributed by atoms with van der Waals surface area (Å²) in [6, 6.07) is 7.57. The van der Waals surface area contributed by atoms with E-state index in [0.717, 1.165) is 67.2 Å². The quantitative estimate of drug-likeness (QED) is 0.629. The summed E-state index contributed by atoms with van der Waals surface area (Å²) in [7, 11) is 0. The minimum Gasteiger partial charge on any atom is -0.493 e. The van der Waals surface area contributed by atoms with Crippen LogP contribution in [0.2, 0.25) is 0 Å². The van der Waals surface area contributed by atoms with Crippen molar-refractivity contribution in [3.8, 4) is 5.75 Å². The smallest absolute Gasteiger partial charge is 0.238 e. The molecule has 1 saturated heterocycles. The maximum Gasteiger partial charge on any atom is 0.238 e. The molecule has 0 spiro atoms. The van der Waals surface area contributed by atoms with Gasteiger partial charge in [0.25, 0.3) is 0 Å². The molecule has 5 rings (SSSR count). The van der Waals surface area contributed by atoms with Crippen LogP contribution in [0, 0.1) is 0 Å². The largest absolute Gasteiger partial charge is 0.493 e. The Labute approximate surface area is 174 Å². The third-order valence-corrected chi connectivity index (χ3v) is 5.59. The van der Waals surface area contributed by atoms with Crippen molar-refractivity contribution < 1.29 is 14.3 Å². The Kier molecular flexibility index (Phi) is 5.25. The lowest BCUT2D eigenvalue weighted by atomic mass is 9.95. The second-order valence-electron chi connectivity index (χ2n) is 7.48. The monoisotopic (exact) mass is 405 g/mol. The topological polar surface area (TPSA) is 89.5 Å². The van der Waals surface area contributed by atoms with E-state index in [1.54, 1.807) is 18.5 Å². The van der Waals surface area contributed by atoms with Crippen molar-refractivity contribution in [3.05, 3.63) is 54.2 Å². The molecule has 2 aliphatic heterocycles. The number of morpholine rings is 1. The Morgan fingerprint density at radius 2 is 2.10 bits per heavy atom. The molecule has 0 bridgehead atoms. The number of carbonyl (C=O) groups is 1. The van der Waals surface area contributed by atoms with Crippen LogP contribution in [0.4, 0.5) is 5.69 Å². The average Bonchev–Trinajstić information content (AvgIpc) is 3.12. The zero-order valence-corrected chi connectivity index (χ0v) is 16.6. The maximum absolute atomic E-state index is 12.6. The van der Waals surface area contributed by atoms with Crippen LogP contribution >= 0.6 is 0 Å². The van der Waals surface area contributed by atoms with Crippen LogP contribution in [0.25, 0.3) is 10.9 Å². The summed E-state index contributed by atoms with van der Waals surface area (Å²) in [4.78, 5) is 28.0. The van der Waals surface area contributed by atoms with Crippen LogP contribution in [-0.4, -0.2) is 65.2 Å². The number of ether oxygens (including phenoxy) is 2. The lowest BCUT2D eigenvalue weighted by molar-refractivity contribution is -0.116. The van der Waals surface area contributed by atoms with Crippen molar-refractivity contribution in [3.63, 3.8) is 0 Å². The van der Waals surface area contributed by atoms with E-state index in [-0.39, 0.29) is 5.91 Å². The molecule has 0 saturated carbocycles. The molecule has 1 N–H and O–H groups in total. The summed E-state index contributed by atoms with van der Waals surface area (Å²) in [5, 5.41) is 3.75. The van der Waals surface area contributed by atoms with Gasteiger partial charge >= 0.3 is 0 Å². The van der Waals surface area contributed by atoms with Gasteiger partial charge in [-0.2, -0.15) is 0 Å². The number of hydrogen-bond acceptors (Lipinski definition) is 7. The fraction of sp³-hybridized carbons (Fsp3) is 0.364. The van der Waals surface area contributed by atoms with Gasteiger partial charge < -0.3 is 14.8 Å². The number of anilines is 1. The van der Waals surface area contributed by atoms with E-state index in [1.165, 1.54) is 6.33 Å². The summed E-state index contributed by atoms with van der Waals surface area (Å²) in [5.74, 6) is 0.188. The normalized spacial score (nSPS) is 18.9. The zero-order valence-electron chi connectivity index (χ0n) is 16.6. The van der Waals surface area contributed by atoms with E-state index in [4.69, 9.17) is 9.47 Å². The molecule has 8 heteroatoms. The molecule has 154 valence electrons. The van der Waals surface area contributed by atoms with Crippen molar-refractivity contribution in [2.24, 2.45) is 0 Å². The molecule has 2 aliphatic rings. The highest BCUT2D eigenvalue weighted by molar-refractivity contribution is 6.06. The Morgan fingerprint density at radius 3 is 3.00 bits per heavy atom. The number of aromatic nitrogens is 3. The zero-order chi connectivity index (χ0) is 20.3. The number of amides is 1. The number of fused-ring (bicyclic) bond motifs is 2. The second kappa shape index (κ2) is 8.33. The number of hydrogen-bond donors (Lipinski definition) is 1. The fourth-order valence-corrected chi connectivity index (χ4v) is 4.05. The number of pyridine rings is 1. The highest BCUT2D eigenvalue weighted by Crippen LogP contribution is 2.38. The third-order valence-electron chi connectivity index (χ3n) is 5.59. The first-order valence-electron chi connectivity index (χ1n) is 10.2. The van der Waals surface area contributed by atoms with Crippen LogP contribution in [-0.2, 0) is 9.53 Å². The molecule has 1 atom stereocenters. The van der Waals surface area contributed by atoms with Gasteiger partial charge in [0.15, 0.2) is 0 Å². The van der Waals surface area contributed by atoms with E-state index in [9.17, 15) is 4.79 Å². The highest BCUT2D eigenvalue weighted by Gasteiger charge is 2.34. The van der Waals surface area contributed by atoms with Crippen LogP contribution in [0.5, 0.6) is 5.75 Å². The van der Waals surface area contributed by atoms with Crippen molar-refractivity contribution in [2.75, 3.05) is 44.8 Å². The van der Waals surface area contributed by atoms with Crippen LogP contribution in [0.15, 0.2) is 43.0 Å². The summed E-state index contributed by atoms with van der Waals surface area (Å²) in [6.07, 6.45) is 5.85. The van der Waals surface area contributed by atoms with Crippen LogP contribution < -0.4 is 10.1 Å². The van der Waals surface area contributed by atoms with E-state index < -0.39 is 5.92 Å². The van der Waals surface area contributed by atoms with Gasteiger partial charge in [-0.25, -0.2) is 9.97 Å². The van der Waals surface area contributed by atoms with E-state index in [1.807, 2.05) is 18.2 Å². The molecule has 1 fully saturated rings. The predicted octanol–water partition coefficient (Wildman–Crippen LogP) is 2.21. The van der Waals surface area contributed by atoms with Gasteiger partial charge in [-0.3, -0.25) is 14.7 Å². The number of benzene rings is 1. The molecule has 1 unspecified atom stereocenters. The van der Waals surface area contributed by atoms with Crippen molar-refractivity contribution in [1.29, 1.82) is 0 Å².